The number of ether oxygens (including phenoxy) is 1. The third-order valence-electron chi connectivity index (χ3n) is 3.73. The Morgan fingerprint density at radius 3 is 2.75 bits per heavy atom. The maximum atomic E-state index is 12.5. The zero-order valence-corrected chi connectivity index (χ0v) is 15.6. The van der Waals surface area contributed by atoms with E-state index in [4.69, 9.17) is 10.6 Å². The highest BCUT2D eigenvalue weighted by atomic mass is 79.9. The van der Waals surface area contributed by atoms with Gasteiger partial charge in [0.2, 0.25) is 11.1 Å². The Kier molecular flexibility index (Phi) is 5.42. The van der Waals surface area contributed by atoms with Crippen molar-refractivity contribution in [3.8, 4) is 11.4 Å². The van der Waals surface area contributed by atoms with Gasteiger partial charge in [0.15, 0.2) is 5.82 Å². The van der Waals surface area contributed by atoms with E-state index in [2.05, 4.69) is 26.1 Å². The number of carbonyl (C=O) groups excluding carboxylic acids is 1. The highest BCUT2D eigenvalue weighted by molar-refractivity contribution is 9.10. The number of nitrogen functional groups attached to an aromatic ring is 1. The van der Waals surface area contributed by atoms with Crippen LogP contribution >= 0.6 is 27.7 Å². The van der Waals surface area contributed by atoms with E-state index >= 15 is 0 Å². The first-order chi connectivity index (χ1) is 11.6. The van der Waals surface area contributed by atoms with Gasteiger partial charge in [-0.2, -0.15) is 0 Å². The second-order valence-corrected chi connectivity index (χ2v) is 7.52. The summed E-state index contributed by atoms with van der Waals surface area (Å²) in [6.07, 6.45) is 0. The molecule has 2 N–H and O–H groups in total. The highest BCUT2D eigenvalue weighted by Crippen LogP contribution is 2.29. The van der Waals surface area contributed by atoms with Gasteiger partial charge in [-0.3, -0.25) is 4.79 Å². The van der Waals surface area contributed by atoms with Crippen molar-refractivity contribution in [2.75, 3.05) is 32.1 Å². The molecule has 1 aliphatic heterocycles. The highest BCUT2D eigenvalue weighted by Gasteiger charge is 2.25. The normalized spacial score (nSPS) is 16.2. The van der Waals surface area contributed by atoms with Crippen LogP contribution < -0.4 is 5.84 Å². The number of benzene rings is 1. The number of morpholine rings is 1. The molecule has 24 heavy (non-hydrogen) atoms. The van der Waals surface area contributed by atoms with E-state index in [1.165, 1.54) is 16.4 Å². The maximum Gasteiger partial charge on any atom is 0.236 e. The van der Waals surface area contributed by atoms with Crippen molar-refractivity contribution in [3.63, 3.8) is 0 Å². The first kappa shape index (κ1) is 17.2. The van der Waals surface area contributed by atoms with Gasteiger partial charge in [0, 0.05) is 23.1 Å². The number of aromatic nitrogens is 3. The largest absolute Gasteiger partial charge is 0.378 e. The fraction of sp³-hybridized carbons (Fsp3) is 0.400. The molecule has 1 aliphatic rings. The van der Waals surface area contributed by atoms with Crippen LogP contribution in [0.5, 0.6) is 0 Å². The monoisotopic (exact) mass is 411 g/mol. The predicted molar refractivity (Wildman–Crippen MR) is 96.0 cm³/mol. The Labute approximate surface area is 152 Å². The van der Waals surface area contributed by atoms with Crippen molar-refractivity contribution in [2.24, 2.45) is 0 Å². The number of thioether (sulfide) groups is 1. The van der Waals surface area contributed by atoms with Gasteiger partial charge in [-0.05, 0) is 19.1 Å². The smallest absolute Gasteiger partial charge is 0.236 e. The zero-order valence-electron chi connectivity index (χ0n) is 13.2. The molecule has 1 unspecified atom stereocenters. The molecule has 7 nitrogen and oxygen atoms in total. The number of halogens is 1. The van der Waals surface area contributed by atoms with Crippen LogP contribution in [0.4, 0.5) is 0 Å². The molecule has 0 spiro atoms. The number of amides is 1. The van der Waals surface area contributed by atoms with Crippen molar-refractivity contribution in [3.05, 3.63) is 28.7 Å². The lowest BCUT2D eigenvalue weighted by Crippen LogP contribution is -2.44. The molecular formula is C15H18BrN5O2S. The van der Waals surface area contributed by atoms with E-state index in [0.29, 0.717) is 37.3 Å². The van der Waals surface area contributed by atoms with Crippen LogP contribution in [0.2, 0.25) is 0 Å². The fourth-order valence-corrected chi connectivity index (χ4v) is 3.75. The molecule has 2 aromatic rings. The molecule has 1 saturated heterocycles. The molecule has 1 fully saturated rings. The molecule has 0 saturated carbocycles. The third-order valence-corrected chi connectivity index (χ3v) is 5.47. The lowest BCUT2D eigenvalue weighted by Gasteiger charge is -2.28. The van der Waals surface area contributed by atoms with Crippen LogP contribution in [0.25, 0.3) is 11.4 Å². The van der Waals surface area contributed by atoms with Crippen molar-refractivity contribution in [1.82, 2.24) is 19.8 Å². The average molecular weight is 412 g/mol. The molecule has 0 radical (unpaired) electrons. The lowest BCUT2D eigenvalue weighted by atomic mass is 10.2. The summed E-state index contributed by atoms with van der Waals surface area (Å²) in [6.45, 7) is 4.28. The van der Waals surface area contributed by atoms with Gasteiger partial charge in [-0.15, -0.1) is 10.2 Å². The number of rotatable bonds is 4. The summed E-state index contributed by atoms with van der Waals surface area (Å²) in [6, 6.07) is 7.66. The molecule has 0 bridgehead atoms. The van der Waals surface area contributed by atoms with Crippen LogP contribution in [0.3, 0.4) is 0 Å². The standard InChI is InChI=1S/C15H18BrN5O2S/c1-10(14(22)20-6-8-23-9-7-20)24-15-19-18-13(21(15)17)11-4-2-3-5-12(11)16/h2-5,10H,6-9,17H2,1H3. The summed E-state index contributed by atoms with van der Waals surface area (Å²) in [5.41, 5.74) is 0.853. The molecule has 2 heterocycles. The summed E-state index contributed by atoms with van der Waals surface area (Å²) >= 11 is 4.80. The minimum Gasteiger partial charge on any atom is -0.378 e. The Bertz CT molecular complexity index is 732. The quantitative estimate of drug-likeness (QED) is 0.609. The third kappa shape index (κ3) is 3.57. The predicted octanol–water partition coefficient (Wildman–Crippen LogP) is 1.76. The van der Waals surface area contributed by atoms with Gasteiger partial charge in [0.25, 0.3) is 0 Å². The van der Waals surface area contributed by atoms with Crippen molar-refractivity contribution in [1.29, 1.82) is 0 Å². The number of nitrogens with two attached hydrogens (primary N) is 1. The summed E-state index contributed by atoms with van der Waals surface area (Å²) in [5, 5.41) is 8.52. The number of nitrogens with zero attached hydrogens (tertiary/aromatic N) is 4. The minimum absolute atomic E-state index is 0.0636. The second kappa shape index (κ2) is 7.54. The number of carbonyl (C=O) groups is 1. The molecule has 1 aromatic carbocycles. The van der Waals surface area contributed by atoms with Gasteiger partial charge in [0.1, 0.15) is 0 Å². The topological polar surface area (TPSA) is 86.3 Å². The van der Waals surface area contributed by atoms with Crippen LogP contribution in [0, 0.1) is 0 Å². The molecule has 9 heteroatoms. The van der Waals surface area contributed by atoms with E-state index in [1.807, 2.05) is 36.1 Å². The molecule has 3 rings (SSSR count). The molecule has 1 amide bonds. The van der Waals surface area contributed by atoms with E-state index in [9.17, 15) is 4.79 Å². The number of hydrogen-bond donors (Lipinski definition) is 1. The zero-order chi connectivity index (χ0) is 17.1. The number of hydrogen-bond acceptors (Lipinski definition) is 6. The van der Waals surface area contributed by atoms with Crippen LogP contribution in [-0.4, -0.2) is 57.2 Å². The summed E-state index contributed by atoms with van der Waals surface area (Å²) < 4.78 is 7.59. The van der Waals surface area contributed by atoms with Crippen molar-refractivity contribution in [2.45, 2.75) is 17.3 Å². The molecule has 1 aromatic heterocycles. The van der Waals surface area contributed by atoms with E-state index in [0.717, 1.165) is 10.0 Å². The molecule has 128 valence electrons. The Morgan fingerprint density at radius 1 is 1.33 bits per heavy atom. The average Bonchev–Trinajstić information content (AvgIpc) is 2.96. The fourth-order valence-electron chi connectivity index (χ4n) is 2.43. The van der Waals surface area contributed by atoms with Crippen LogP contribution in [0.15, 0.2) is 33.9 Å². The van der Waals surface area contributed by atoms with Crippen molar-refractivity contribution < 1.29 is 9.53 Å². The minimum atomic E-state index is -0.290. The van der Waals surface area contributed by atoms with Crippen LogP contribution in [-0.2, 0) is 9.53 Å². The molecule has 1 atom stereocenters. The van der Waals surface area contributed by atoms with E-state index in [-0.39, 0.29) is 11.2 Å². The summed E-state index contributed by atoms with van der Waals surface area (Å²) in [4.78, 5) is 14.3. The Balaban J connectivity index is 1.74. The lowest BCUT2D eigenvalue weighted by molar-refractivity contribution is -0.134. The first-order valence-corrected chi connectivity index (χ1v) is 9.23. The SMILES string of the molecule is CC(Sc1nnc(-c2ccccc2Br)n1N)C(=O)N1CCOCC1. The van der Waals surface area contributed by atoms with Crippen molar-refractivity contribution >= 4 is 33.6 Å². The Hall–Kier alpha value is -1.58. The van der Waals surface area contributed by atoms with E-state index < -0.39 is 0 Å². The Morgan fingerprint density at radius 2 is 2.04 bits per heavy atom. The van der Waals surface area contributed by atoms with Gasteiger partial charge >= 0.3 is 0 Å². The van der Waals surface area contributed by atoms with Gasteiger partial charge < -0.3 is 15.5 Å². The first-order valence-electron chi connectivity index (χ1n) is 7.56. The maximum absolute atomic E-state index is 12.5. The molecular weight excluding hydrogens is 394 g/mol. The van der Waals surface area contributed by atoms with Crippen LogP contribution in [0.1, 0.15) is 6.92 Å². The van der Waals surface area contributed by atoms with Gasteiger partial charge in [-0.1, -0.05) is 39.8 Å². The molecule has 0 aliphatic carbocycles. The summed E-state index contributed by atoms with van der Waals surface area (Å²) in [7, 11) is 0. The summed E-state index contributed by atoms with van der Waals surface area (Å²) in [5.74, 6) is 6.75. The van der Waals surface area contributed by atoms with E-state index in [1.54, 1.807) is 0 Å². The second-order valence-electron chi connectivity index (χ2n) is 5.35. The van der Waals surface area contributed by atoms with Gasteiger partial charge in [-0.25, -0.2) is 4.68 Å². The van der Waals surface area contributed by atoms with Gasteiger partial charge in [0.05, 0.1) is 18.5 Å².